The molecule has 0 aliphatic carbocycles. The van der Waals surface area contributed by atoms with Crippen molar-refractivity contribution in [2.45, 2.75) is 13.5 Å². The van der Waals surface area contributed by atoms with Crippen molar-refractivity contribution >= 4 is 18.3 Å². The molecule has 0 bridgehead atoms. The zero-order valence-electron chi connectivity index (χ0n) is 12.2. The lowest BCUT2D eigenvalue weighted by molar-refractivity contribution is -0.124. The van der Waals surface area contributed by atoms with Gasteiger partial charge in [0.1, 0.15) is 0 Å². The molecule has 1 unspecified atom stereocenters. The van der Waals surface area contributed by atoms with Crippen LogP contribution in [0.1, 0.15) is 12.5 Å². The van der Waals surface area contributed by atoms with Crippen molar-refractivity contribution in [3.05, 3.63) is 48.3 Å². The molecule has 114 valence electrons. The fourth-order valence-electron chi connectivity index (χ4n) is 1.95. The van der Waals surface area contributed by atoms with Gasteiger partial charge in [-0.15, -0.1) is 12.4 Å². The molecule has 0 radical (unpaired) electrons. The van der Waals surface area contributed by atoms with E-state index in [0.29, 0.717) is 13.1 Å². The maximum Gasteiger partial charge on any atom is 0.224 e. The molecule has 0 spiro atoms. The smallest absolute Gasteiger partial charge is 0.224 e. The first-order valence-corrected chi connectivity index (χ1v) is 6.72. The van der Waals surface area contributed by atoms with E-state index in [1.165, 1.54) is 0 Å². The normalized spacial score (nSPS) is 11.5. The highest BCUT2D eigenvalue weighted by Gasteiger charge is 2.10. The molecule has 1 aromatic heterocycles. The van der Waals surface area contributed by atoms with E-state index in [1.807, 2.05) is 50.5 Å². The average molecular weight is 309 g/mol. The van der Waals surface area contributed by atoms with Gasteiger partial charge in [0, 0.05) is 31.4 Å². The van der Waals surface area contributed by atoms with Gasteiger partial charge in [0.15, 0.2) is 0 Å². The fourth-order valence-corrected chi connectivity index (χ4v) is 1.95. The van der Waals surface area contributed by atoms with Crippen LogP contribution < -0.4 is 10.6 Å². The number of hydrogen-bond donors (Lipinski definition) is 2. The molecule has 2 rings (SSSR count). The lowest BCUT2D eigenvalue weighted by Gasteiger charge is -2.11. The van der Waals surface area contributed by atoms with Crippen molar-refractivity contribution in [2.75, 3.05) is 13.6 Å². The summed E-state index contributed by atoms with van der Waals surface area (Å²) in [5.74, 6) is 0.0406. The molecule has 1 atom stereocenters. The average Bonchev–Trinajstić information content (AvgIpc) is 2.99. The molecule has 0 saturated heterocycles. The molecule has 0 saturated carbocycles. The largest absolute Gasteiger partial charge is 0.352 e. The second-order valence-corrected chi connectivity index (χ2v) is 4.79. The van der Waals surface area contributed by atoms with Crippen LogP contribution in [0, 0.1) is 5.92 Å². The van der Waals surface area contributed by atoms with Gasteiger partial charge in [-0.2, -0.15) is 5.10 Å². The zero-order chi connectivity index (χ0) is 14.4. The van der Waals surface area contributed by atoms with Crippen LogP contribution in [0.3, 0.4) is 0 Å². The summed E-state index contributed by atoms with van der Waals surface area (Å²) in [7, 11) is 1.85. The summed E-state index contributed by atoms with van der Waals surface area (Å²) in [4.78, 5) is 11.8. The Labute approximate surface area is 131 Å². The predicted molar refractivity (Wildman–Crippen MR) is 85.7 cm³/mol. The number of nitrogens with one attached hydrogen (secondary N) is 2. The van der Waals surface area contributed by atoms with Crippen LogP contribution in [0.15, 0.2) is 42.7 Å². The maximum atomic E-state index is 11.8. The highest BCUT2D eigenvalue weighted by atomic mass is 35.5. The molecule has 0 aliphatic rings. The van der Waals surface area contributed by atoms with Crippen LogP contribution >= 0.6 is 12.4 Å². The van der Waals surface area contributed by atoms with Crippen molar-refractivity contribution in [1.29, 1.82) is 0 Å². The summed E-state index contributed by atoms with van der Waals surface area (Å²) >= 11 is 0. The first kappa shape index (κ1) is 17.2. The second kappa shape index (κ2) is 8.44. The minimum absolute atomic E-state index is 0. The number of nitrogens with zero attached hydrogens (tertiary/aromatic N) is 2. The van der Waals surface area contributed by atoms with Gasteiger partial charge in [0.25, 0.3) is 0 Å². The van der Waals surface area contributed by atoms with Gasteiger partial charge in [-0.05, 0) is 30.8 Å². The third kappa shape index (κ3) is 4.88. The van der Waals surface area contributed by atoms with E-state index in [4.69, 9.17) is 0 Å². The molecule has 0 aliphatic heterocycles. The maximum absolute atomic E-state index is 11.8. The van der Waals surface area contributed by atoms with Gasteiger partial charge >= 0.3 is 0 Å². The number of carbonyl (C=O) groups excluding carboxylic acids is 1. The lowest BCUT2D eigenvalue weighted by Crippen LogP contribution is -2.33. The van der Waals surface area contributed by atoms with E-state index in [1.54, 1.807) is 10.9 Å². The summed E-state index contributed by atoms with van der Waals surface area (Å²) in [6.07, 6.45) is 3.65. The van der Waals surface area contributed by atoms with Gasteiger partial charge in [0.2, 0.25) is 5.91 Å². The minimum atomic E-state index is -0.0247. The Kier molecular flexibility index (Phi) is 6.91. The van der Waals surface area contributed by atoms with E-state index in [0.717, 1.165) is 11.3 Å². The van der Waals surface area contributed by atoms with Crippen LogP contribution in [0.5, 0.6) is 0 Å². The number of amides is 1. The van der Waals surface area contributed by atoms with E-state index in [2.05, 4.69) is 15.7 Å². The molecule has 2 aromatic rings. The Morgan fingerprint density at radius 1 is 1.33 bits per heavy atom. The van der Waals surface area contributed by atoms with Crippen molar-refractivity contribution in [1.82, 2.24) is 20.4 Å². The molecular weight excluding hydrogens is 288 g/mol. The van der Waals surface area contributed by atoms with Crippen molar-refractivity contribution in [3.8, 4) is 5.69 Å². The van der Waals surface area contributed by atoms with E-state index in [-0.39, 0.29) is 24.2 Å². The van der Waals surface area contributed by atoms with Gasteiger partial charge in [-0.3, -0.25) is 4.79 Å². The van der Waals surface area contributed by atoms with Crippen LogP contribution in [0.4, 0.5) is 0 Å². The third-order valence-electron chi connectivity index (χ3n) is 3.13. The Morgan fingerprint density at radius 3 is 2.62 bits per heavy atom. The van der Waals surface area contributed by atoms with Crippen LogP contribution in [-0.2, 0) is 11.3 Å². The Bertz CT molecular complexity index is 539. The van der Waals surface area contributed by atoms with Gasteiger partial charge in [-0.1, -0.05) is 19.1 Å². The summed E-state index contributed by atoms with van der Waals surface area (Å²) in [5, 5.41) is 10.1. The first-order valence-electron chi connectivity index (χ1n) is 6.72. The molecule has 2 N–H and O–H groups in total. The van der Waals surface area contributed by atoms with E-state index < -0.39 is 0 Å². The number of aromatic nitrogens is 2. The lowest BCUT2D eigenvalue weighted by atomic mass is 10.1. The molecule has 1 heterocycles. The SMILES string of the molecule is CNCC(C)C(=O)NCc1ccc(-n2cccn2)cc1.Cl. The Hall–Kier alpha value is -1.85. The highest BCUT2D eigenvalue weighted by Crippen LogP contribution is 2.08. The molecular formula is C15H21ClN4O. The Balaban J connectivity index is 0.00000220. The summed E-state index contributed by atoms with van der Waals surface area (Å²) in [6, 6.07) is 9.87. The monoisotopic (exact) mass is 308 g/mol. The molecule has 21 heavy (non-hydrogen) atoms. The Morgan fingerprint density at radius 2 is 2.05 bits per heavy atom. The minimum Gasteiger partial charge on any atom is -0.352 e. The highest BCUT2D eigenvalue weighted by molar-refractivity contribution is 5.85. The molecule has 1 amide bonds. The molecule has 0 fully saturated rings. The number of hydrogen-bond acceptors (Lipinski definition) is 3. The predicted octanol–water partition coefficient (Wildman–Crippen LogP) is 1.77. The number of carbonyl (C=O) groups is 1. The van der Waals surface area contributed by atoms with Crippen LogP contribution in [-0.4, -0.2) is 29.3 Å². The summed E-state index contributed by atoms with van der Waals surface area (Å²) in [5.41, 5.74) is 2.08. The van der Waals surface area contributed by atoms with E-state index in [9.17, 15) is 4.79 Å². The molecule has 1 aromatic carbocycles. The third-order valence-corrected chi connectivity index (χ3v) is 3.13. The molecule has 6 heteroatoms. The second-order valence-electron chi connectivity index (χ2n) is 4.79. The topological polar surface area (TPSA) is 59.0 Å². The van der Waals surface area contributed by atoms with Crippen LogP contribution in [0.2, 0.25) is 0 Å². The van der Waals surface area contributed by atoms with E-state index >= 15 is 0 Å². The summed E-state index contributed by atoms with van der Waals surface area (Å²) < 4.78 is 1.80. The van der Waals surface area contributed by atoms with Crippen LogP contribution in [0.25, 0.3) is 5.69 Å². The fraction of sp³-hybridized carbons (Fsp3) is 0.333. The van der Waals surface area contributed by atoms with Crippen molar-refractivity contribution in [3.63, 3.8) is 0 Å². The zero-order valence-corrected chi connectivity index (χ0v) is 13.1. The van der Waals surface area contributed by atoms with Gasteiger partial charge in [0.05, 0.1) is 5.69 Å². The first-order chi connectivity index (χ1) is 9.70. The van der Waals surface area contributed by atoms with Gasteiger partial charge in [-0.25, -0.2) is 4.68 Å². The quantitative estimate of drug-likeness (QED) is 0.855. The number of rotatable bonds is 6. The van der Waals surface area contributed by atoms with Gasteiger partial charge < -0.3 is 10.6 Å². The van der Waals surface area contributed by atoms with Crippen molar-refractivity contribution < 1.29 is 4.79 Å². The number of halogens is 1. The number of benzene rings is 1. The standard InChI is InChI=1S/C15H20N4O.ClH/c1-12(10-16-2)15(20)17-11-13-4-6-14(7-5-13)19-9-3-8-18-19;/h3-9,12,16H,10-11H2,1-2H3,(H,17,20);1H. The molecule has 5 nitrogen and oxygen atoms in total. The summed E-state index contributed by atoms with van der Waals surface area (Å²) in [6.45, 7) is 3.14. The van der Waals surface area contributed by atoms with Crippen molar-refractivity contribution in [2.24, 2.45) is 5.92 Å².